The summed E-state index contributed by atoms with van der Waals surface area (Å²) in [4.78, 5) is 0. The van der Waals surface area contributed by atoms with E-state index in [0.717, 1.165) is 6.42 Å². The lowest BCUT2D eigenvalue weighted by molar-refractivity contribution is 0.443. The first-order valence-corrected chi connectivity index (χ1v) is 6.00. The lowest BCUT2D eigenvalue weighted by Crippen LogP contribution is -2.32. The maximum Gasteiger partial charge on any atom is 0.260 e. The molecule has 0 aliphatic carbocycles. The summed E-state index contributed by atoms with van der Waals surface area (Å²) in [7, 11) is -3.51. The van der Waals surface area contributed by atoms with Gasteiger partial charge in [0.15, 0.2) is 5.03 Å². The van der Waals surface area contributed by atoms with Gasteiger partial charge in [-0.2, -0.15) is 9.40 Å². The molecule has 0 aromatic carbocycles. The predicted octanol–water partition coefficient (Wildman–Crippen LogP) is 0.444. The maximum atomic E-state index is 11.9. The highest BCUT2D eigenvalue weighted by molar-refractivity contribution is 7.89. The Morgan fingerprint density at radius 1 is 1.67 bits per heavy atom. The van der Waals surface area contributed by atoms with Crippen LogP contribution in [0.5, 0.6) is 0 Å². The smallest absolute Gasteiger partial charge is 0.260 e. The van der Waals surface area contributed by atoms with Crippen LogP contribution in [-0.4, -0.2) is 36.0 Å². The molecule has 0 fully saturated rings. The topological polar surface area (TPSA) is 66.1 Å². The van der Waals surface area contributed by atoms with Gasteiger partial charge in [-0.25, -0.2) is 8.42 Å². The number of terminal acetylenes is 1. The Morgan fingerprint density at radius 2 is 2.40 bits per heavy atom. The molecular weight excluding hydrogens is 214 g/mol. The van der Waals surface area contributed by atoms with Crippen LogP contribution in [0.25, 0.3) is 0 Å². The third kappa shape index (κ3) is 2.58. The number of H-pyrrole nitrogens is 1. The summed E-state index contributed by atoms with van der Waals surface area (Å²) in [5, 5.41) is 6.11. The number of hydrogen-bond donors (Lipinski definition) is 1. The zero-order chi connectivity index (χ0) is 11.3. The van der Waals surface area contributed by atoms with Crippen LogP contribution in [0.4, 0.5) is 0 Å². The average Bonchev–Trinajstić information content (AvgIpc) is 2.70. The van der Waals surface area contributed by atoms with Gasteiger partial charge in [0, 0.05) is 6.54 Å². The number of nitrogens with one attached hydrogen (secondary N) is 1. The van der Waals surface area contributed by atoms with Crippen molar-refractivity contribution in [3.63, 3.8) is 0 Å². The molecule has 0 atom stereocenters. The third-order valence-electron chi connectivity index (χ3n) is 1.83. The van der Waals surface area contributed by atoms with Gasteiger partial charge in [-0.15, -0.1) is 6.42 Å². The molecule has 0 saturated carbocycles. The zero-order valence-electron chi connectivity index (χ0n) is 8.47. The number of aromatic amines is 1. The molecule has 0 bridgehead atoms. The van der Waals surface area contributed by atoms with E-state index in [9.17, 15) is 8.42 Å². The Morgan fingerprint density at radius 3 is 2.87 bits per heavy atom. The van der Waals surface area contributed by atoms with Crippen LogP contribution in [0.2, 0.25) is 0 Å². The van der Waals surface area contributed by atoms with E-state index in [0.29, 0.717) is 6.54 Å². The second-order valence-electron chi connectivity index (χ2n) is 2.96. The maximum absolute atomic E-state index is 11.9. The van der Waals surface area contributed by atoms with Gasteiger partial charge in [-0.1, -0.05) is 12.8 Å². The molecule has 1 heterocycles. The summed E-state index contributed by atoms with van der Waals surface area (Å²) < 4.78 is 25.1. The van der Waals surface area contributed by atoms with Crippen LogP contribution in [0.1, 0.15) is 13.3 Å². The molecule has 1 rings (SSSR count). The number of nitrogens with zero attached hydrogens (tertiary/aromatic N) is 2. The van der Waals surface area contributed by atoms with Crippen LogP contribution >= 0.6 is 0 Å². The van der Waals surface area contributed by atoms with E-state index >= 15 is 0 Å². The van der Waals surface area contributed by atoms with Crippen molar-refractivity contribution in [1.29, 1.82) is 0 Å². The molecule has 82 valence electrons. The van der Waals surface area contributed by atoms with E-state index in [2.05, 4.69) is 16.1 Å². The van der Waals surface area contributed by atoms with Crippen molar-refractivity contribution in [2.75, 3.05) is 13.1 Å². The van der Waals surface area contributed by atoms with Crippen LogP contribution in [-0.2, 0) is 10.0 Å². The van der Waals surface area contributed by atoms with Crippen LogP contribution < -0.4 is 0 Å². The monoisotopic (exact) mass is 227 g/mol. The third-order valence-corrected chi connectivity index (χ3v) is 3.61. The fourth-order valence-corrected chi connectivity index (χ4v) is 2.51. The molecule has 0 amide bonds. The van der Waals surface area contributed by atoms with Gasteiger partial charge < -0.3 is 0 Å². The summed E-state index contributed by atoms with van der Waals surface area (Å²) in [6.07, 6.45) is 7.24. The first-order valence-electron chi connectivity index (χ1n) is 4.56. The molecule has 0 aliphatic rings. The summed E-state index contributed by atoms with van der Waals surface area (Å²) >= 11 is 0. The highest BCUT2D eigenvalue weighted by atomic mass is 32.2. The molecule has 1 aromatic heterocycles. The Balaban J connectivity index is 2.97. The van der Waals surface area contributed by atoms with Gasteiger partial charge in [0.25, 0.3) is 10.0 Å². The lowest BCUT2D eigenvalue weighted by atomic mass is 10.5. The Labute approximate surface area is 89.5 Å². The van der Waals surface area contributed by atoms with Crippen molar-refractivity contribution in [2.45, 2.75) is 18.4 Å². The molecule has 0 saturated heterocycles. The van der Waals surface area contributed by atoms with Crippen molar-refractivity contribution in [3.05, 3.63) is 12.3 Å². The fourth-order valence-electron chi connectivity index (χ4n) is 1.16. The highest BCUT2D eigenvalue weighted by Crippen LogP contribution is 2.11. The molecule has 0 spiro atoms. The van der Waals surface area contributed by atoms with E-state index in [-0.39, 0.29) is 11.6 Å². The quantitative estimate of drug-likeness (QED) is 0.742. The molecular formula is C9H13N3O2S. The van der Waals surface area contributed by atoms with E-state index in [1.54, 1.807) is 0 Å². The van der Waals surface area contributed by atoms with Crippen molar-refractivity contribution in [3.8, 4) is 12.3 Å². The minimum absolute atomic E-state index is 0.0752. The van der Waals surface area contributed by atoms with Crippen molar-refractivity contribution < 1.29 is 8.42 Å². The minimum atomic E-state index is -3.51. The molecule has 1 N–H and O–H groups in total. The van der Waals surface area contributed by atoms with Gasteiger partial charge >= 0.3 is 0 Å². The predicted molar refractivity (Wildman–Crippen MR) is 56.5 cm³/mol. The van der Waals surface area contributed by atoms with Gasteiger partial charge in [0.2, 0.25) is 0 Å². The second-order valence-corrected chi connectivity index (χ2v) is 4.87. The van der Waals surface area contributed by atoms with E-state index in [4.69, 9.17) is 6.42 Å². The van der Waals surface area contributed by atoms with Crippen LogP contribution in [0.15, 0.2) is 17.3 Å². The van der Waals surface area contributed by atoms with Crippen molar-refractivity contribution in [1.82, 2.24) is 14.5 Å². The lowest BCUT2D eigenvalue weighted by Gasteiger charge is -2.17. The van der Waals surface area contributed by atoms with Gasteiger partial charge in [-0.3, -0.25) is 5.10 Å². The number of rotatable bonds is 5. The average molecular weight is 227 g/mol. The van der Waals surface area contributed by atoms with E-state index in [1.165, 1.54) is 16.6 Å². The van der Waals surface area contributed by atoms with Crippen LogP contribution in [0.3, 0.4) is 0 Å². The Hall–Kier alpha value is -1.32. The standard InChI is InChI=1S/C9H13N3O2S/c1-3-7-12(8-4-2)15(13,14)9-5-6-10-11-9/h1,5-6H,4,7-8H2,2H3,(H,10,11). The van der Waals surface area contributed by atoms with Gasteiger partial charge in [0.1, 0.15) is 0 Å². The van der Waals surface area contributed by atoms with E-state index < -0.39 is 10.0 Å². The van der Waals surface area contributed by atoms with E-state index in [1.807, 2.05) is 6.92 Å². The summed E-state index contributed by atoms with van der Waals surface area (Å²) in [6.45, 7) is 2.38. The molecule has 15 heavy (non-hydrogen) atoms. The number of sulfonamides is 1. The number of aromatic nitrogens is 2. The van der Waals surface area contributed by atoms with Gasteiger partial charge in [-0.05, 0) is 12.5 Å². The highest BCUT2D eigenvalue weighted by Gasteiger charge is 2.23. The van der Waals surface area contributed by atoms with Gasteiger partial charge in [0.05, 0.1) is 12.7 Å². The molecule has 6 heteroatoms. The largest absolute Gasteiger partial charge is 0.266 e. The first kappa shape index (κ1) is 11.8. The first-order chi connectivity index (χ1) is 7.12. The molecule has 0 unspecified atom stereocenters. The normalized spacial score (nSPS) is 11.5. The summed E-state index contributed by atoms with van der Waals surface area (Å²) in [6, 6.07) is 1.41. The zero-order valence-corrected chi connectivity index (χ0v) is 9.29. The SMILES string of the molecule is C#CCN(CCC)S(=O)(=O)c1ccn[nH]1. The summed E-state index contributed by atoms with van der Waals surface area (Å²) in [5.74, 6) is 2.33. The summed E-state index contributed by atoms with van der Waals surface area (Å²) in [5.41, 5.74) is 0. The molecule has 0 radical (unpaired) electrons. The fraction of sp³-hybridized carbons (Fsp3) is 0.444. The van der Waals surface area contributed by atoms with Crippen molar-refractivity contribution in [2.24, 2.45) is 0 Å². The number of hydrogen-bond acceptors (Lipinski definition) is 3. The molecule has 0 aliphatic heterocycles. The molecule has 5 nitrogen and oxygen atoms in total. The Bertz CT molecular complexity index is 430. The van der Waals surface area contributed by atoms with Crippen LogP contribution in [0, 0.1) is 12.3 Å². The van der Waals surface area contributed by atoms with Crippen molar-refractivity contribution >= 4 is 10.0 Å². The second kappa shape index (κ2) is 4.96. The minimum Gasteiger partial charge on any atom is -0.266 e. The molecule has 1 aromatic rings. The Kier molecular flexibility index (Phi) is 3.88.